The maximum Gasteiger partial charge on any atom is 0.160 e. The molecule has 59 heavy (non-hydrogen) atoms. The fourth-order valence-electron chi connectivity index (χ4n) is 9.74. The van der Waals surface area contributed by atoms with E-state index in [-0.39, 0.29) is 5.41 Å². The molecule has 12 rings (SSSR count). The van der Waals surface area contributed by atoms with Crippen LogP contribution in [-0.2, 0) is 5.41 Å². The highest BCUT2D eigenvalue weighted by Gasteiger charge is 2.41. The van der Waals surface area contributed by atoms with Crippen LogP contribution in [0.5, 0.6) is 0 Å². The first-order valence-corrected chi connectivity index (χ1v) is 21.1. The Hall–Kier alpha value is -7.20. The van der Waals surface area contributed by atoms with E-state index in [0.717, 1.165) is 28.1 Å². The standard InChI is InChI=1S/C56H36N2S/c1-56(39-20-6-3-7-21-39)47-26-11-10-23-44(47)52-45(25-13-27-48(52)56)50-34-49(57-55(58-50)36-16-4-2-5-17-36)38-19-12-18-37(33-38)41-24-14-28-51-53(41)46-32-31-42-40-22-9-8-15-35(40)29-30-43(42)54(46)59-51/h2-34H,1H3. The predicted octanol–water partition coefficient (Wildman–Crippen LogP) is 15.2. The van der Waals surface area contributed by atoms with Crippen molar-refractivity contribution in [3.05, 3.63) is 217 Å². The second-order valence-electron chi connectivity index (χ2n) is 15.8. The Morgan fingerprint density at radius 2 is 1.07 bits per heavy atom. The first kappa shape index (κ1) is 33.9. The van der Waals surface area contributed by atoms with E-state index >= 15 is 0 Å². The van der Waals surface area contributed by atoms with Gasteiger partial charge in [0.25, 0.3) is 0 Å². The molecule has 0 bridgehead atoms. The summed E-state index contributed by atoms with van der Waals surface area (Å²) in [7, 11) is 0. The van der Waals surface area contributed by atoms with Crippen LogP contribution in [0.1, 0.15) is 23.6 Å². The van der Waals surface area contributed by atoms with Crippen LogP contribution in [0.25, 0.3) is 97.9 Å². The van der Waals surface area contributed by atoms with Crippen LogP contribution >= 0.6 is 11.3 Å². The first-order chi connectivity index (χ1) is 29.1. The quantitative estimate of drug-likeness (QED) is 0.163. The molecule has 0 N–H and O–H groups in total. The van der Waals surface area contributed by atoms with E-state index in [0.29, 0.717) is 5.82 Å². The largest absolute Gasteiger partial charge is 0.228 e. The Kier molecular flexibility index (Phi) is 7.57. The van der Waals surface area contributed by atoms with E-state index in [1.165, 1.54) is 80.7 Å². The molecule has 0 spiro atoms. The molecule has 276 valence electrons. The monoisotopic (exact) mass is 768 g/mol. The molecule has 0 fully saturated rings. The van der Waals surface area contributed by atoms with Gasteiger partial charge in [0.2, 0.25) is 0 Å². The highest BCUT2D eigenvalue weighted by atomic mass is 32.1. The van der Waals surface area contributed by atoms with Crippen molar-refractivity contribution in [2.24, 2.45) is 0 Å². The van der Waals surface area contributed by atoms with Gasteiger partial charge in [-0.2, -0.15) is 0 Å². The molecule has 0 radical (unpaired) electrons. The average molecular weight is 769 g/mol. The minimum absolute atomic E-state index is 0.303. The van der Waals surface area contributed by atoms with Crippen molar-refractivity contribution in [3.8, 4) is 56.2 Å². The fraction of sp³-hybridized carbons (Fsp3) is 0.0357. The zero-order chi connectivity index (χ0) is 39.1. The highest BCUT2D eigenvalue weighted by molar-refractivity contribution is 7.26. The molecule has 0 saturated heterocycles. The van der Waals surface area contributed by atoms with Crippen molar-refractivity contribution in [1.82, 2.24) is 9.97 Å². The minimum Gasteiger partial charge on any atom is -0.228 e. The summed E-state index contributed by atoms with van der Waals surface area (Å²) >= 11 is 1.89. The number of thiophene rings is 1. The molecule has 11 aromatic rings. The summed E-state index contributed by atoms with van der Waals surface area (Å²) in [5.74, 6) is 0.712. The molecule has 1 atom stereocenters. The van der Waals surface area contributed by atoms with Crippen molar-refractivity contribution in [2.45, 2.75) is 12.3 Å². The molecule has 0 amide bonds. The molecular weight excluding hydrogens is 733 g/mol. The zero-order valence-corrected chi connectivity index (χ0v) is 33.2. The molecule has 1 aliphatic carbocycles. The Morgan fingerprint density at radius 3 is 1.97 bits per heavy atom. The lowest BCUT2D eigenvalue weighted by Crippen LogP contribution is -2.22. The molecule has 2 nitrogen and oxygen atoms in total. The Bertz CT molecular complexity index is 3460. The van der Waals surface area contributed by atoms with Gasteiger partial charge in [-0.15, -0.1) is 11.3 Å². The molecular formula is C56H36N2S. The Morgan fingerprint density at radius 1 is 0.424 bits per heavy atom. The van der Waals surface area contributed by atoms with Gasteiger partial charge in [0, 0.05) is 47.7 Å². The third-order valence-corrected chi connectivity index (χ3v) is 13.8. The number of hydrogen-bond acceptors (Lipinski definition) is 3. The summed E-state index contributed by atoms with van der Waals surface area (Å²) in [6, 6.07) is 72.6. The van der Waals surface area contributed by atoms with E-state index in [1.807, 2.05) is 17.4 Å². The van der Waals surface area contributed by atoms with Crippen LogP contribution in [-0.4, -0.2) is 9.97 Å². The maximum atomic E-state index is 5.35. The molecule has 0 saturated carbocycles. The summed E-state index contributed by atoms with van der Waals surface area (Å²) in [4.78, 5) is 10.7. The summed E-state index contributed by atoms with van der Waals surface area (Å²) in [6.45, 7) is 2.37. The number of aromatic nitrogens is 2. The molecule has 0 aliphatic heterocycles. The van der Waals surface area contributed by atoms with Gasteiger partial charge < -0.3 is 0 Å². The van der Waals surface area contributed by atoms with Gasteiger partial charge in [-0.05, 0) is 80.2 Å². The van der Waals surface area contributed by atoms with Gasteiger partial charge in [-0.3, -0.25) is 0 Å². The summed E-state index contributed by atoms with van der Waals surface area (Å²) in [6.07, 6.45) is 0. The van der Waals surface area contributed by atoms with Crippen LogP contribution in [0.4, 0.5) is 0 Å². The van der Waals surface area contributed by atoms with Gasteiger partial charge in [-0.25, -0.2) is 9.97 Å². The van der Waals surface area contributed by atoms with Gasteiger partial charge in [-0.1, -0.05) is 182 Å². The molecule has 3 heteroatoms. The van der Waals surface area contributed by atoms with Crippen molar-refractivity contribution >= 4 is 53.1 Å². The van der Waals surface area contributed by atoms with Crippen molar-refractivity contribution in [3.63, 3.8) is 0 Å². The molecule has 2 aromatic heterocycles. The second-order valence-corrected chi connectivity index (χ2v) is 16.8. The normalized spacial score (nSPS) is 14.6. The van der Waals surface area contributed by atoms with Crippen LogP contribution < -0.4 is 0 Å². The van der Waals surface area contributed by atoms with Gasteiger partial charge in [0.05, 0.1) is 11.4 Å². The van der Waals surface area contributed by atoms with E-state index in [4.69, 9.17) is 9.97 Å². The first-order valence-electron chi connectivity index (χ1n) is 20.2. The van der Waals surface area contributed by atoms with E-state index < -0.39 is 0 Å². The number of nitrogens with zero attached hydrogens (tertiary/aromatic N) is 2. The minimum atomic E-state index is -0.303. The van der Waals surface area contributed by atoms with Crippen LogP contribution in [0, 0.1) is 0 Å². The lowest BCUT2D eigenvalue weighted by molar-refractivity contribution is 0.714. The fourth-order valence-corrected chi connectivity index (χ4v) is 11.0. The Labute approximate surface area is 346 Å². The van der Waals surface area contributed by atoms with Gasteiger partial charge >= 0.3 is 0 Å². The van der Waals surface area contributed by atoms with E-state index in [1.54, 1.807) is 0 Å². The van der Waals surface area contributed by atoms with Gasteiger partial charge in [0.1, 0.15) is 0 Å². The number of rotatable bonds is 5. The van der Waals surface area contributed by atoms with Gasteiger partial charge in [0.15, 0.2) is 5.82 Å². The average Bonchev–Trinajstić information content (AvgIpc) is 3.83. The molecule has 9 aromatic carbocycles. The zero-order valence-electron chi connectivity index (χ0n) is 32.4. The van der Waals surface area contributed by atoms with E-state index in [2.05, 4.69) is 201 Å². The second kappa shape index (κ2) is 13.2. The lowest BCUT2D eigenvalue weighted by atomic mass is 9.74. The summed E-state index contributed by atoms with van der Waals surface area (Å²) in [5.41, 5.74) is 13.4. The number of fused-ring (bicyclic) bond motifs is 10. The lowest BCUT2D eigenvalue weighted by Gasteiger charge is -2.28. The number of benzene rings is 9. The third kappa shape index (κ3) is 5.18. The third-order valence-electron chi connectivity index (χ3n) is 12.6. The Balaban J connectivity index is 1.04. The summed E-state index contributed by atoms with van der Waals surface area (Å²) in [5, 5.41) is 7.78. The van der Waals surface area contributed by atoms with Crippen LogP contribution in [0.2, 0.25) is 0 Å². The van der Waals surface area contributed by atoms with Crippen LogP contribution in [0.15, 0.2) is 200 Å². The topological polar surface area (TPSA) is 25.8 Å². The van der Waals surface area contributed by atoms with Crippen molar-refractivity contribution < 1.29 is 0 Å². The molecule has 1 aliphatic rings. The predicted molar refractivity (Wildman–Crippen MR) is 249 cm³/mol. The molecule has 1 unspecified atom stereocenters. The summed E-state index contributed by atoms with van der Waals surface area (Å²) < 4.78 is 2.63. The van der Waals surface area contributed by atoms with Crippen molar-refractivity contribution in [1.29, 1.82) is 0 Å². The smallest absolute Gasteiger partial charge is 0.160 e. The van der Waals surface area contributed by atoms with E-state index in [9.17, 15) is 0 Å². The van der Waals surface area contributed by atoms with Crippen molar-refractivity contribution in [2.75, 3.05) is 0 Å². The highest BCUT2D eigenvalue weighted by Crippen LogP contribution is 2.55. The van der Waals surface area contributed by atoms with Crippen LogP contribution in [0.3, 0.4) is 0 Å². The SMILES string of the molecule is CC1(c2ccccc2)c2ccccc2-c2c(-c3cc(-c4cccc(-c5cccc6sc7c8ccc9ccccc9c8ccc7c56)c4)nc(-c4ccccc4)n3)cccc21. The molecule has 2 heterocycles. The number of hydrogen-bond donors (Lipinski definition) is 0. The maximum absolute atomic E-state index is 5.35.